The number of fused-ring (bicyclic) bond motifs is 1. The zero-order chi connectivity index (χ0) is 10.5. The van der Waals surface area contributed by atoms with Gasteiger partial charge in [0.2, 0.25) is 0 Å². The van der Waals surface area contributed by atoms with Crippen molar-refractivity contribution in [1.82, 2.24) is 4.90 Å². The standard InChI is InChI=1S/C14H19N/c1-11(2)12-3-5-13(6-4-12)14-7-9-15(14)10-8-14/h3-6,11H,7-10H2,1-2H3. The van der Waals surface area contributed by atoms with Gasteiger partial charge in [0.05, 0.1) is 0 Å². The predicted octanol–water partition coefficient (Wildman–Crippen LogP) is 3.11. The van der Waals surface area contributed by atoms with Crippen LogP contribution in [0.1, 0.15) is 43.7 Å². The molecule has 2 aliphatic heterocycles. The smallest absolute Gasteiger partial charge is 0.0485 e. The normalized spacial score (nSPS) is 23.1. The van der Waals surface area contributed by atoms with Crippen LogP contribution in [-0.2, 0) is 5.54 Å². The minimum atomic E-state index is 0.468. The van der Waals surface area contributed by atoms with Gasteiger partial charge in [-0.2, -0.15) is 0 Å². The first-order valence-electron chi connectivity index (χ1n) is 6.08. The van der Waals surface area contributed by atoms with E-state index in [-0.39, 0.29) is 0 Å². The summed E-state index contributed by atoms with van der Waals surface area (Å²) in [6.07, 6.45) is 2.74. The van der Waals surface area contributed by atoms with E-state index in [0.717, 1.165) is 0 Å². The molecule has 15 heavy (non-hydrogen) atoms. The lowest BCUT2D eigenvalue weighted by Crippen LogP contribution is -2.66. The maximum atomic E-state index is 2.61. The topological polar surface area (TPSA) is 3.24 Å². The highest BCUT2D eigenvalue weighted by molar-refractivity contribution is 5.34. The number of hydrogen-bond acceptors (Lipinski definition) is 1. The van der Waals surface area contributed by atoms with E-state index in [1.165, 1.54) is 31.5 Å². The summed E-state index contributed by atoms with van der Waals surface area (Å²) in [4.78, 5) is 2.61. The zero-order valence-corrected chi connectivity index (χ0v) is 9.66. The van der Waals surface area contributed by atoms with Crippen LogP contribution in [0.3, 0.4) is 0 Å². The maximum Gasteiger partial charge on any atom is 0.0485 e. The van der Waals surface area contributed by atoms with E-state index in [0.29, 0.717) is 11.5 Å². The van der Waals surface area contributed by atoms with Crippen molar-refractivity contribution in [2.24, 2.45) is 0 Å². The molecule has 1 nitrogen and oxygen atoms in total. The van der Waals surface area contributed by atoms with Crippen molar-refractivity contribution in [2.45, 2.75) is 38.1 Å². The molecule has 0 unspecified atom stereocenters. The third-order valence-electron chi connectivity index (χ3n) is 4.31. The summed E-state index contributed by atoms with van der Waals surface area (Å²) in [5.74, 6) is 0.649. The predicted molar refractivity (Wildman–Crippen MR) is 63.0 cm³/mol. The lowest BCUT2D eigenvalue weighted by atomic mass is 9.69. The Morgan fingerprint density at radius 1 is 1.07 bits per heavy atom. The minimum Gasteiger partial charge on any atom is -0.293 e. The third-order valence-corrected chi connectivity index (χ3v) is 4.31. The van der Waals surface area contributed by atoms with Crippen LogP contribution >= 0.6 is 0 Å². The fourth-order valence-electron chi connectivity index (χ4n) is 2.97. The van der Waals surface area contributed by atoms with Crippen LogP contribution in [0, 0.1) is 0 Å². The number of hydrogen-bond donors (Lipinski definition) is 0. The van der Waals surface area contributed by atoms with E-state index >= 15 is 0 Å². The van der Waals surface area contributed by atoms with Crippen LogP contribution in [-0.4, -0.2) is 18.0 Å². The zero-order valence-electron chi connectivity index (χ0n) is 9.66. The molecule has 0 atom stereocenters. The highest BCUT2D eigenvalue weighted by Crippen LogP contribution is 2.50. The van der Waals surface area contributed by atoms with Gasteiger partial charge in [0.1, 0.15) is 0 Å². The molecule has 0 saturated carbocycles. The summed E-state index contributed by atoms with van der Waals surface area (Å²) >= 11 is 0. The van der Waals surface area contributed by atoms with Gasteiger partial charge in [0, 0.05) is 18.6 Å². The molecule has 0 aromatic heterocycles. The number of rotatable bonds is 2. The number of benzene rings is 1. The van der Waals surface area contributed by atoms with Crippen LogP contribution in [0.25, 0.3) is 0 Å². The molecule has 2 saturated heterocycles. The van der Waals surface area contributed by atoms with Crippen molar-refractivity contribution in [3.63, 3.8) is 0 Å². The maximum absolute atomic E-state index is 2.61. The van der Waals surface area contributed by atoms with Gasteiger partial charge in [-0.15, -0.1) is 0 Å². The van der Waals surface area contributed by atoms with Gasteiger partial charge in [-0.25, -0.2) is 0 Å². The summed E-state index contributed by atoms with van der Waals surface area (Å²) in [6, 6.07) is 9.31. The molecule has 1 heteroatoms. The molecule has 0 bridgehead atoms. The molecule has 1 aromatic carbocycles. The third kappa shape index (κ3) is 1.19. The van der Waals surface area contributed by atoms with Gasteiger partial charge in [0.25, 0.3) is 0 Å². The molecule has 1 aromatic rings. The second-order valence-corrected chi connectivity index (χ2v) is 5.30. The average Bonchev–Trinajstić information content (AvgIpc) is 2.23. The monoisotopic (exact) mass is 201 g/mol. The Bertz CT molecular complexity index is 355. The van der Waals surface area contributed by atoms with Crippen LogP contribution in [0.15, 0.2) is 24.3 Å². The van der Waals surface area contributed by atoms with E-state index in [2.05, 4.69) is 43.0 Å². The van der Waals surface area contributed by atoms with Crippen molar-refractivity contribution in [3.8, 4) is 0 Å². The molecule has 0 radical (unpaired) electrons. The molecule has 2 heterocycles. The number of piperidine rings is 1. The van der Waals surface area contributed by atoms with Gasteiger partial charge in [-0.3, -0.25) is 4.90 Å². The van der Waals surface area contributed by atoms with E-state index in [4.69, 9.17) is 0 Å². The van der Waals surface area contributed by atoms with E-state index < -0.39 is 0 Å². The highest BCUT2D eigenvalue weighted by atomic mass is 15.3. The fraction of sp³-hybridized carbons (Fsp3) is 0.571. The Morgan fingerprint density at radius 2 is 1.67 bits per heavy atom. The average molecular weight is 201 g/mol. The van der Waals surface area contributed by atoms with Gasteiger partial charge < -0.3 is 0 Å². The van der Waals surface area contributed by atoms with Gasteiger partial charge in [-0.05, 0) is 29.9 Å². The van der Waals surface area contributed by atoms with Crippen molar-refractivity contribution in [1.29, 1.82) is 0 Å². The quantitative estimate of drug-likeness (QED) is 0.710. The van der Waals surface area contributed by atoms with Crippen LogP contribution in [0.4, 0.5) is 0 Å². The van der Waals surface area contributed by atoms with Crippen molar-refractivity contribution >= 4 is 0 Å². The van der Waals surface area contributed by atoms with E-state index in [9.17, 15) is 0 Å². The fourth-order valence-corrected chi connectivity index (χ4v) is 2.97. The van der Waals surface area contributed by atoms with Crippen molar-refractivity contribution in [2.75, 3.05) is 13.1 Å². The molecule has 80 valence electrons. The summed E-state index contributed by atoms with van der Waals surface area (Å²) < 4.78 is 0. The minimum absolute atomic E-state index is 0.468. The Hall–Kier alpha value is -0.820. The molecule has 0 amide bonds. The summed E-state index contributed by atoms with van der Waals surface area (Å²) in [7, 11) is 0. The summed E-state index contributed by atoms with van der Waals surface area (Å²) in [5, 5.41) is 0. The molecule has 0 N–H and O–H groups in total. The molecule has 3 rings (SSSR count). The molecule has 2 aliphatic rings. The second kappa shape index (κ2) is 3.08. The second-order valence-electron chi connectivity index (χ2n) is 5.30. The first kappa shape index (κ1) is 9.41. The number of nitrogens with zero attached hydrogens (tertiary/aromatic N) is 1. The Balaban J connectivity index is 1.88. The highest BCUT2D eigenvalue weighted by Gasteiger charge is 2.52. The van der Waals surface area contributed by atoms with Gasteiger partial charge in [0.15, 0.2) is 0 Å². The Kier molecular flexibility index (Phi) is 1.93. The Labute approximate surface area is 92.1 Å². The van der Waals surface area contributed by atoms with Crippen molar-refractivity contribution < 1.29 is 0 Å². The largest absolute Gasteiger partial charge is 0.293 e. The van der Waals surface area contributed by atoms with Crippen LogP contribution in [0.5, 0.6) is 0 Å². The SMILES string of the molecule is CC(C)c1ccc(C23CCN2CC3)cc1. The molecular formula is C14H19N. The van der Waals surface area contributed by atoms with E-state index in [1.54, 1.807) is 5.56 Å². The summed E-state index contributed by atoms with van der Waals surface area (Å²) in [6.45, 7) is 7.14. The molecular weight excluding hydrogens is 182 g/mol. The van der Waals surface area contributed by atoms with Gasteiger partial charge >= 0.3 is 0 Å². The van der Waals surface area contributed by atoms with Crippen molar-refractivity contribution in [3.05, 3.63) is 35.4 Å². The summed E-state index contributed by atoms with van der Waals surface area (Å²) in [5.41, 5.74) is 3.47. The lowest BCUT2D eigenvalue weighted by Gasteiger charge is -2.62. The van der Waals surface area contributed by atoms with Gasteiger partial charge in [-0.1, -0.05) is 38.1 Å². The molecule has 0 spiro atoms. The molecule has 0 aliphatic carbocycles. The lowest BCUT2D eigenvalue weighted by molar-refractivity contribution is -0.110. The molecule has 2 fully saturated rings. The van der Waals surface area contributed by atoms with E-state index in [1.807, 2.05) is 0 Å². The Morgan fingerprint density at radius 3 is 2.00 bits per heavy atom. The van der Waals surface area contributed by atoms with Crippen LogP contribution in [0.2, 0.25) is 0 Å². The first-order chi connectivity index (χ1) is 7.22. The first-order valence-corrected chi connectivity index (χ1v) is 6.08. The van der Waals surface area contributed by atoms with Crippen LogP contribution < -0.4 is 0 Å².